The fraction of sp³-hybridized carbons (Fsp3) is 0.649. The largest absolute Gasteiger partial charge is 0.487 e. The first-order valence-electron chi connectivity index (χ1n) is 17.3. The topological polar surface area (TPSA) is 78.7 Å². The van der Waals surface area contributed by atoms with Gasteiger partial charge < -0.3 is 9.47 Å². The van der Waals surface area contributed by atoms with Crippen molar-refractivity contribution in [2.75, 3.05) is 13.2 Å². The van der Waals surface area contributed by atoms with Gasteiger partial charge in [0.05, 0.1) is 23.7 Å². The molecule has 6 nitrogen and oxygen atoms in total. The van der Waals surface area contributed by atoms with E-state index in [1.807, 2.05) is 6.07 Å². The number of carbonyl (C=O) groups excluding carboxylic acids is 1. The molecule has 0 N–H and O–H groups in total. The van der Waals surface area contributed by atoms with Gasteiger partial charge in [-0.3, -0.25) is 10.1 Å². The second kappa shape index (κ2) is 23.6. The Hall–Kier alpha value is -2.89. The van der Waals surface area contributed by atoms with Gasteiger partial charge in [-0.15, -0.1) is 0 Å². The summed E-state index contributed by atoms with van der Waals surface area (Å²) in [6.07, 6.45) is 26.8. The summed E-state index contributed by atoms with van der Waals surface area (Å²) in [4.78, 5) is 23.2. The average Bonchev–Trinajstić information content (AvgIpc) is 3.02. The molecule has 0 amide bonds. The first-order valence-corrected chi connectivity index (χ1v) is 17.3. The van der Waals surface area contributed by atoms with Crippen LogP contribution in [0.5, 0.6) is 5.75 Å². The van der Waals surface area contributed by atoms with Crippen LogP contribution in [0, 0.1) is 10.1 Å². The number of hydrogen-bond donors (Lipinski definition) is 0. The van der Waals surface area contributed by atoms with Gasteiger partial charge in [-0.1, -0.05) is 147 Å². The number of esters is 1. The smallest absolute Gasteiger partial charge is 0.338 e. The monoisotopic (exact) mass is 595 g/mol. The zero-order valence-corrected chi connectivity index (χ0v) is 27.1. The Bertz CT molecular complexity index is 1020. The fourth-order valence-electron chi connectivity index (χ4n) is 5.51. The molecule has 0 saturated heterocycles. The number of nitro groups is 1. The molecule has 6 heteroatoms. The molecule has 0 aromatic heterocycles. The van der Waals surface area contributed by atoms with Gasteiger partial charge in [-0.25, -0.2) is 4.79 Å². The maximum absolute atomic E-state index is 11.9. The molecular weight excluding hydrogens is 538 g/mol. The first kappa shape index (κ1) is 36.3. The molecule has 0 spiro atoms. The van der Waals surface area contributed by atoms with Crippen LogP contribution in [0.15, 0.2) is 42.5 Å². The molecule has 0 heterocycles. The van der Waals surface area contributed by atoms with Crippen LogP contribution in [0.1, 0.15) is 153 Å². The lowest BCUT2D eigenvalue weighted by Gasteiger charge is -2.09. The standard InChI is InChI=1S/C37H57NO5/c1-3-5-6-7-8-9-10-11-12-13-14-15-16-17-18-19-20-21-22-23-30-43-36-29-28-34(31-35(36)38(40)41)32-24-26-33(27-25-32)37(39)42-4-2/h24-29,31H,3-23,30H2,1-2H3. The summed E-state index contributed by atoms with van der Waals surface area (Å²) >= 11 is 0. The van der Waals surface area contributed by atoms with Crippen LogP contribution in [0.4, 0.5) is 5.69 Å². The van der Waals surface area contributed by atoms with E-state index in [-0.39, 0.29) is 11.7 Å². The molecule has 0 aliphatic rings. The molecule has 0 aliphatic heterocycles. The Morgan fingerprint density at radius 1 is 0.628 bits per heavy atom. The van der Waals surface area contributed by atoms with Gasteiger partial charge >= 0.3 is 11.7 Å². The lowest BCUT2D eigenvalue weighted by Crippen LogP contribution is -2.04. The number of carbonyl (C=O) groups is 1. The van der Waals surface area contributed by atoms with E-state index in [9.17, 15) is 14.9 Å². The van der Waals surface area contributed by atoms with Crippen molar-refractivity contribution in [1.82, 2.24) is 0 Å². The zero-order chi connectivity index (χ0) is 31.0. The van der Waals surface area contributed by atoms with Gasteiger partial charge in [0.1, 0.15) is 0 Å². The van der Waals surface area contributed by atoms with Crippen molar-refractivity contribution in [3.05, 3.63) is 58.1 Å². The molecule has 2 aromatic carbocycles. The van der Waals surface area contributed by atoms with Crippen LogP contribution in [0.3, 0.4) is 0 Å². The Balaban J connectivity index is 1.50. The van der Waals surface area contributed by atoms with Crippen molar-refractivity contribution < 1.29 is 19.2 Å². The van der Waals surface area contributed by atoms with Crippen molar-refractivity contribution in [3.63, 3.8) is 0 Å². The summed E-state index contributed by atoms with van der Waals surface area (Å²) in [5, 5.41) is 11.7. The molecule has 2 aromatic rings. The van der Waals surface area contributed by atoms with Gasteiger partial charge in [0.25, 0.3) is 0 Å². The average molecular weight is 596 g/mol. The molecule has 0 atom stereocenters. The molecule has 0 aliphatic carbocycles. The predicted octanol–water partition coefficient (Wildman–Crippen LogP) is 11.6. The molecule has 240 valence electrons. The van der Waals surface area contributed by atoms with Crippen molar-refractivity contribution in [2.24, 2.45) is 0 Å². The van der Waals surface area contributed by atoms with Crippen LogP contribution < -0.4 is 4.74 Å². The Morgan fingerprint density at radius 3 is 1.51 bits per heavy atom. The molecule has 0 radical (unpaired) electrons. The van der Waals surface area contributed by atoms with Gasteiger partial charge in [-0.05, 0) is 42.7 Å². The number of unbranched alkanes of at least 4 members (excludes halogenated alkanes) is 19. The fourth-order valence-corrected chi connectivity index (χ4v) is 5.51. The van der Waals surface area contributed by atoms with Gasteiger partial charge in [0.2, 0.25) is 0 Å². The summed E-state index contributed by atoms with van der Waals surface area (Å²) in [5.41, 5.74) is 1.90. The van der Waals surface area contributed by atoms with Crippen LogP contribution in [-0.4, -0.2) is 24.1 Å². The second-order valence-electron chi connectivity index (χ2n) is 11.8. The van der Waals surface area contributed by atoms with E-state index in [4.69, 9.17) is 9.47 Å². The number of hydrogen-bond acceptors (Lipinski definition) is 5. The molecule has 43 heavy (non-hydrogen) atoms. The Labute approximate surface area is 261 Å². The van der Waals surface area contributed by atoms with E-state index in [1.54, 1.807) is 37.3 Å². The Morgan fingerprint density at radius 2 is 1.07 bits per heavy atom. The molecule has 2 rings (SSSR count). The quantitative estimate of drug-likeness (QED) is 0.0468. The lowest BCUT2D eigenvalue weighted by atomic mass is 10.0. The highest BCUT2D eigenvalue weighted by atomic mass is 16.6. The van der Waals surface area contributed by atoms with Gasteiger partial charge in [0, 0.05) is 6.07 Å². The van der Waals surface area contributed by atoms with Crippen LogP contribution >= 0.6 is 0 Å². The normalized spacial score (nSPS) is 11.0. The summed E-state index contributed by atoms with van der Waals surface area (Å²) in [6, 6.07) is 11.9. The third-order valence-corrected chi connectivity index (χ3v) is 8.14. The van der Waals surface area contributed by atoms with E-state index < -0.39 is 4.92 Å². The van der Waals surface area contributed by atoms with Crippen molar-refractivity contribution >= 4 is 11.7 Å². The van der Waals surface area contributed by atoms with E-state index in [1.165, 1.54) is 122 Å². The van der Waals surface area contributed by atoms with Gasteiger partial charge in [0.15, 0.2) is 5.75 Å². The highest BCUT2D eigenvalue weighted by molar-refractivity contribution is 5.90. The van der Waals surface area contributed by atoms with Crippen LogP contribution in [0.25, 0.3) is 11.1 Å². The maximum atomic E-state index is 11.9. The highest BCUT2D eigenvalue weighted by Gasteiger charge is 2.17. The maximum Gasteiger partial charge on any atom is 0.338 e. The van der Waals surface area contributed by atoms with E-state index in [0.29, 0.717) is 30.1 Å². The van der Waals surface area contributed by atoms with E-state index >= 15 is 0 Å². The van der Waals surface area contributed by atoms with Crippen molar-refractivity contribution in [1.29, 1.82) is 0 Å². The second-order valence-corrected chi connectivity index (χ2v) is 11.8. The molecular formula is C37H57NO5. The molecule has 0 bridgehead atoms. The van der Waals surface area contributed by atoms with Crippen molar-refractivity contribution in [2.45, 2.75) is 142 Å². The number of nitro benzene ring substituents is 1. The SMILES string of the molecule is CCCCCCCCCCCCCCCCCCCCCCOc1ccc(-c2ccc(C(=O)OCC)cc2)cc1[N+](=O)[O-]. The minimum atomic E-state index is -0.400. The predicted molar refractivity (Wildman–Crippen MR) is 178 cm³/mol. The zero-order valence-electron chi connectivity index (χ0n) is 27.1. The van der Waals surface area contributed by atoms with Gasteiger partial charge in [-0.2, -0.15) is 0 Å². The highest BCUT2D eigenvalue weighted by Crippen LogP contribution is 2.33. The number of nitrogens with zero attached hydrogens (tertiary/aromatic N) is 1. The molecule has 0 fully saturated rings. The van der Waals surface area contributed by atoms with E-state index in [2.05, 4.69) is 6.92 Å². The molecule has 0 unspecified atom stereocenters. The number of benzene rings is 2. The first-order chi connectivity index (χ1) is 21.1. The number of rotatable bonds is 26. The molecule has 0 saturated carbocycles. The minimum absolute atomic E-state index is 0.0415. The third kappa shape index (κ3) is 16.0. The Kier molecular flexibility index (Phi) is 19.9. The van der Waals surface area contributed by atoms with Crippen molar-refractivity contribution in [3.8, 4) is 16.9 Å². The lowest BCUT2D eigenvalue weighted by molar-refractivity contribution is -0.385. The van der Waals surface area contributed by atoms with Crippen LogP contribution in [-0.2, 0) is 4.74 Å². The van der Waals surface area contributed by atoms with E-state index in [0.717, 1.165) is 18.4 Å². The van der Waals surface area contributed by atoms with Crippen LogP contribution in [0.2, 0.25) is 0 Å². The summed E-state index contributed by atoms with van der Waals surface area (Å²) in [5.74, 6) is -0.0801. The number of ether oxygens (including phenoxy) is 2. The summed E-state index contributed by atoms with van der Waals surface area (Å²) < 4.78 is 10.8. The summed E-state index contributed by atoms with van der Waals surface area (Å²) in [6.45, 7) is 4.84. The third-order valence-electron chi connectivity index (χ3n) is 8.14. The minimum Gasteiger partial charge on any atom is -0.487 e. The summed E-state index contributed by atoms with van der Waals surface area (Å²) in [7, 11) is 0.